The van der Waals surface area contributed by atoms with Gasteiger partial charge in [0.25, 0.3) is 5.91 Å². The number of rotatable bonds is 7. The number of hydrogen-bond donors (Lipinski definition) is 1. The predicted octanol–water partition coefficient (Wildman–Crippen LogP) is 5.56. The second kappa shape index (κ2) is 9.18. The molecule has 0 aliphatic rings. The maximum Gasteiger partial charge on any atom is 0.293 e. The van der Waals surface area contributed by atoms with Crippen molar-refractivity contribution in [2.75, 3.05) is 5.32 Å². The van der Waals surface area contributed by atoms with E-state index in [-0.39, 0.29) is 18.3 Å². The summed E-state index contributed by atoms with van der Waals surface area (Å²) in [6.45, 7) is 0.644. The van der Waals surface area contributed by atoms with Gasteiger partial charge in [0.15, 0.2) is 5.76 Å². The van der Waals surface area contributed by atoms with Gasteiger partial charge >= 0.3 is 0 Å². The molecule has 0 saturated heterocycles. The van der Waals surface area contributed by atoms with Crippen LogP contribution in [0.4, 0.5) is 5.95 Å². The fourth-order valence-electron chi connectivity index (χ4n) is 3.44. The molecule has 3 aromatic carbocycles. The van der Waals surface area contributed by atoms with Crippen LogP contribution in [0.25, 0.3) is 10.8 Å². The number of carbonyl (C=O) groups excluding carboxylic acids is 1. The minimum absolute atomic E-state index is 0.147. The van der Waals surface area contributed by atoms with E-state index >= 15 is 0 Å². The number of furan rings is 1. The zero-order chi connectivity index (χ0) is 22.6. The molecule has 0 saturated carbocycles. The molecule has 33 heavy (non-hydrogen) atoms. The fraction of sp³-hybridized carbons (Fsp3) is 0.0800. The number of fused-ring (bicyclic) bond motifs is 1. The summed E-state index contributed by atoms with van der Waals surface area (Å²) in [5, 5.41) is 9.67. The first-order chi connectivity index (χ1) is 16.2. The molecule has 7 nitrogen and oxygen atoms in total. The highest BCUT2D eigenvalue weighted by Crippen LogP contribution is 2.26. The Morgan fingerprint density at radius 1 is 1.00 bits per heavy atom. The average molecular weight is 459 g/mol. The van der Waals surface area contributed by atoms with Crippen LogP contribution in [0.3, 0.4) is 0 Å². The van der Waals surface area contributed by atoms with Gasteiger partial charge in [-0.15, -0.1) is 5.10 Å². The summed E-state index contributed by atoms with van der Waals surface area (Å²) in [7, 11) is 0. The summed E-state index contributed by atoms with van der Waals surface area (Å²) in [6.07, 6.45) is 1.53. The SMILES string of the molecule is O=C(Nc1ncn(Cc2ccccc2Cl)n1)c1ccc(COc2cccc3ccccc23)o1. The Morgan fingerprint density at radius 2 is 1.82 bits per heavy atom. The summed E-state index contributed by atoms with van der Waals surface area (Å²) in [5.74, 6) is 1.17. The highest BCUT2D eigenvalue weighted by atomic mass is 35.5. The molecule has 0 aliphatic carbocycles. The molecule has 0 bridgehead atoms. The van der Waals surface area contributed by atoms with Crippen molar-refractivity contribution in [3.05, 3.63) is 107 Å². The van der Waals surface area contributed by atoms with Crippen LogP contribution in [0.2, 0.25) is 5.02 Å². The van der Waals surface area contributed by atoms with Crippen LogP contribution in [-0.2, 0) is 13.2 Å². The van der Waals surface area contributed by atoms with Crippen molar-refractivity contribution in [2.24, 2.45) is 0 Å². The highest BCUT2D eigenvalue weighted by Gasteiger charge is 2.14. The molecule has 0 spiro atoms. The van der Waals surface area contributed by atoms with Gasteiger partial charge in [-0.05, 0) is 35.2 Å². The smallest absolute Gasteiger partial charge is 0.293 e. The number of ether oxygens (including phenoxy) is 1. The van der Waals surface area contributed by atoms with E-state index in [1.54, 1.807) is 16.8 Å². The second-order valence-electron chi connectivity index (χ2n) is 7.34. The van der Waals surface area contributed by atoms with Crippen molar-refractivity contribution in [1.82, 2.24) is 14.8 Å². The Kier molecular flexibility index (Phi) is 5.78. The minimum atomic E-state index is -0.443. The summed E-state index contributed by atoms with van der Waals surface area (Å²) in [5.41, 5.74) is 0.906. The Bertz CT molecular complexity index is 1420. The van der Waals surface area contributed by atoms with E-state index in [1.165, 1.54) is 6.33 Å². The Labute approximate surface area is 194 Å². The van der Waals surface area contributed by atoms with Crippen LogP contribution < -0.4 is 10.1 Å². The molecule has 1 N–H and O–H groups in total. The van der Waals surface area contributed by atoms with Crippen molar-refractivity contribution in [2.45, 2.75) is 13.2 Å². The standard InChI is InChI=1S/C25H19ClN4O3/c26-21-10-4-2-7-18(21)14-30-16-27-25(29-30)28-24(31)23-13-12-19(33-23)15-32-22-11-5-8-17-6-1-3-9-20(17)22/h1-13,16H,14-15H2,(H,28,29,31). The fourth-order valence-corrected chi connectivity index (χ4v) is 3.64. The number of aromatic nitrogens is 3. The first-order valence-corrected chi connectivity index (χ1v) is 10.7. The van der Waals surface area contributed by atoms with Crippen LogP contribution in [0.5, 0.6) is 5.75 Å². The molecule has 0 radical (unpaired) electrons. The van der Waals surface area contributed by atoms with Gasteiger partial charge in [-0.1, -0.05) is 66.2 Å². The quantitative estimate of drug-likeness (QED) is 0.345. The molecule has 0 unspecified atom stereocenters. The van der Waals surface area contributed by atoms with Crippen LogP contribution in [0, 0.1) is 0 Å². The molecule has 0 fully saturated rings. The lowest BCUT2D eigenvalue weighted by atomic mass is 10.1. The molecular formula is C25H19ClN4O3. The lowest BCUT2D eigenvalue weighted by Crippen LogP contribution is -2.12. The van der Waals surface area contributed by atoms with Crippen LogP contribution >= 0.6 is 11.6 Å². The summed E-state index contributed by atoms with van der Waals surface area (Å²) in [6, 6.07) is 24.7. The lowest BCUT2D eigenvalue weighted by molar-refractivity contribution is 0.0991. The van der Waals surface area contributed by atoms with Gasteiger partial charge < -0.3 is 9.15 Å². The number of carbonyl (C=O) groups is 1. The first-order valence-electron chi connectivity index (χ1n) is 10.3. The van der Waals surface area contributed by atoms with E-state index < -0.39 is 5.91 Å². The zero-order valence-electron chi connectivity index (χ0n) is 17.4. The summed E-state index contributed by atoms with van der Waals surface area (Å²) >= 11 is 6.19. The van der Waals surface area contributed by atoms with E-state index in [9.17, 15) is 4.79 Å². The molecule has 1 amide bonds. The van der Waals surface area contributed by atoms with Crippen LogP contribution in [-0.4, -0.2) is 20.7 Å². The molecule has 0 atom stereocenters. The maximum absolute atomic E-state index is 12.5. The predicted molar refractivity (Wildman–Crippen MR) is 126 cm³/mol. The van der Waals surface area contributed by atoms with Crippen molar-refractivity contribution >= 4 is 34.2 Å². The molecular weight excluding hydrogens is 440 g/mol. The Balaban J connectivity index is 1.21. The molecule has 164 valence electrons. The van der Waals surface area contributed by atoms with E-state index in [2.05, 4.69) is 15.4 Å². The maximum atomic E-state index is 12.5. The molecule has 5 rings (SSSR count). The highest BCUT2D eigenvalue weighted by molar-refractivity contribution is 6.31. The van der Waals surface area contributed by atoms with Gasteiger partial charge in [-0.2, -0.15) is 0 Å². The second-order valence-corrected chi connectivity index (χ2v) is 7.75. The van der Waals surface area contributed by atoms with E-state index in [4.69, 9.17) is 20.8 Å². The van der Waals surface area contributed by atoms with E-state index in [0.29, 0.717) is 17.3 Å². The molecule has 2 aromatic heterocycles. The number of anilines is 1. The Morgan fingerprint density at radius 3 is 2.73 bits per heavy atom. The minimum Gasteiger partial charge on any atom is -0.485 e. The molecule has 2 heterocycles. The Hall–Kier alpha value is -4.10. The van der Waals surface area contributed by atoms with E-state index in [1.807, 2.05) is 66.7 Å². The van der Waals surface area contributed by atoms with Gasteiger partial charge in [0.2, 0.25) is 5.95 Å². The number of hydrogen-bond acceptors (Lipinski definition) is 5. The third kappa shape index (κ3) is 4.73. The van der Waals surface area contributed by atoms with Crippen molar-refractivity contribution in [1.29, 1.82) is 0 Å². The van der Waals surface area contributed by atoms with Gasteiger partial charge in [0.05, 0.1) is 6.54 Å². The van der Waals surface area contributed by atoms with Gasteiger partial charge in [-0.25, -0.2) is 9.67 Å². The summed E-state index contributed by atoms with van der Waals surface area (Å²) in [4.78, 5) is 16.7. The molecule has 0 aliphatic heterocycles. The molecule has 5 aromatic rings. The number of nitrogens with zero attached hydrogens (tertiary/aromatic N) is 3. The van der Waals surface area contributed by atoms with Gasteiger partial charge in [-0.3, -0.25) is 10.1 Å². The monoisotopic (exact) mass is 458 g/mol. The van der Waals surface area contributed by atoms with Crippen molar-refractivity contribution in [3.63, 3.8) is 0 Å². The molecule has 8 heteroatoms. The average Bonchev–Trinajstić information content (AvgIpc) is 3.49. The summed E-state index contributed by atoms with van der Waals surface area (Å²) < 4.78 is 13.2. The van der Waals surface area contributed by atoms with Gasteiger partial charge in [0.1, 0.15) is 24.4 Å². The van der Waals surface area contributed by atoms with E-state index in [0.717, 1.165) is 22.1 Å². The number of amides is 1. The lowest BCUT2D eigenvalue weighted by Gasteiger charge is -2.07. The number of nitrogens with one attached hydrogen (secondary N) is 1. The topological polar surface area (TPSA) is 82.2 Å². The zero-order valence-corrected chi connectivity index (χ0v) is 18.2. The normalized spacial score (nSPS) is 10.9. The van der Waals surface area contributed by atoms with Crippen molar-refractivity contribution < 1.29 is 13.9 Å². The van der Waals surface area contributed by atoms with Crippen LogP contribution in [0.15, 0.2) is 89.6 Å². The number of halogens is 1. The third-order valence-electron chi connectivity index (χ3n) is 5.06. The number of benzene rings is 3. The first kappa shape index (κ1) is 20.8. The largest absolute Gasteiger partial charge is 0.485 e. The van der Waals surface area contributed by atoms with Gasteiger partial charge in [0, 0.05) is 10.4 Å². The van der Waals surface area contributed by atoms with Crippen LogP contribution in [0.1, 0.15) is 21.9 Å². The van der Waals surface area contributed by atoms with Crippen molar-refractivity contribution in [3.8, 4) is 5.75 Å². The third-order valence-corrected chi connectivity index (χ3v) is 5.43.